The third-order valence-corrected chi connectivity index (χ3v) is 5.15. The fraction of sp³-hybridized carbons (Fsp3) is 0.136. The van der Waals surface area contributed by atoms with Crippen LogP contribution in [-0.4, -0.2) is 11.6 Å². The summed E-state index contributed by atoms with van der Waals surface area (Å²) in [4.78, 5) is 26.2. The van der Waals surface area contributed by atoms with Crippen LogP contribution in [0.2, 0.25) is 0 Å². The Labute approximate surface area is 156 Å². The quantitative estimate of drug-likeness (QED) is 0.845. The number of nitrogens with two attached hydrogens (primary N) is 1. The van der Waals surface area contributed by atoms with E-state index in [1.165, 1.54) is 0 Å². The predicted octanol–water partition coefficient (Wildman–Crippen LogP) is 3.44. The molecule has 2 aromatic carbocycles. The first kappa shape index (κ1) is 16.8. The Morgan fingerprint density at radius 2 is 1.67 bits per heavy atom. The van der Waals surface area contributed by atoms with Crippen molar-refractivity contribution in [1.29, 1.82) is 5.26 Å². The molecule has 1 atom stereocenters. The average molecular weight is 356 g/mol. The molecule has 0 spiro atoms. The molecule has 0 amide bonds. The van der Waals surface area contributed by atoms with Gasteiger partial charge in [-0.05, 0) is 30.5 Å². The third kappa shape index (κ3) is 2.38. The number of aryl methyl sites for hydroxylation is 2. The van der Waals surface area contributed by atoms with Crippen molar-refractivity contribution in [3.63, 3.8) is 0 Å². The van der Waals surface area contributed by atoms with E-state index in [2.05, 4.69) is 6.07 Å². The van der Waals surface area contributed by atoms with E-state index in [-0.39, 0.29) is 34.1 Å². The number of Topliss-reactive ketones (excluding diaryl/α,β-unsaturated/α-hetero) is 2. The fourth-order valence-corrected chi connectivity index (χ4v) is 3.58. The van der Waals surface area contributed by atoms with Crippen LogP contribution in [0.3, 0.4) is 0 Å². The number of ketones is 2. The number of nitrogens with zero attached hydrogens (tertiary/aromatic N) is 1. The molecule has 0 saturated heterocycles. The number of carbonyl (C=O) groups is 2. The summed E-state index contributed by atoms with van der Waals surface area (Å²) >= 11 is 0. The predicted molar refractivity (Wildman–Crippen MR) is 98.7 cm³/mol. The van der Waals surface area contributed by atoms with Gasteiger partial charge >= 0.3 is 0 Å². The molecule has 2 N–H and O–H groups in total. The van der Waals surface area contributed by atoms with Crippen LogP contribution in [0.4, 0.5) is 0 Å². The molecule has 5 nitrogen and oxygen atoms in total. The minimum atomic E-state index is -0.733. The monoisotopic (exact) mass is 356 g/mol. The second kappa shape index (κ2) is 5.96. The van der Waals surface area contributed by atoms with E-state index in [0.717, 1.165) is 16.7 Å². The highest BCUT2D eigenvalue weighted by atomic mass is 16.5. The number of rotatable bonds is 1. The summed E-state index contributed by atoms with van der Waals surface area (Å²) in [6, 6.07) is 14.4. The summed E-state index contributed by atoms with van der Waals surface area (Å²) in [6.07, 6.45) is 0. The zero-order valence-corrected chi connectivity index (χ0v) is 14.9. The molecule has 2 aliphatic rings. The Morgan fingerprint density at radius 3 is 2.30 bits per heavy atom. The van der Waals surface area contributed by atoms with E-state index in [0.29, 0.717) is 5.56 Å². The number of carbonyl (C=O) groups excluding carboxylic acids is 2. The number of ether oxygens (including phenoxy) is 1. The van der Waals surface area contributed by atoms with Crippen molar-refractivity contribution in [3.05, 3.63) is 93.1 Å². The van der Waals surface area contributed by atoms with Crippen molar-refractivity contribution in [3.8, 4) is 6.07 Å². The number of hydrogen-bond donors (Lipinski definition) is 1. The van der Waals surface area contributed by atoms with Gasteiger partial charge in [0.15, 0.2) is 11.5 Å². The first-order valence-corrected chi connectivity index (χ1v) is 8.51. The lowest BCUT2D eigenvalue weighted by Crippen LogP contribution is -2.32. The van der Waals surface area contributed by atoms with Crippen LogP contribution in [0.15, 0.2) is 65.3 Å². The van der Waals surface area contributed by atoms with Gasteiger partial charge in [0.2, 0.25) is 11.7 Å². The molecule has 0 bridgehead atoms. The van der Waals surface area contributed by atoms with Crippen LogP contribution >= 0.6 is 0 Å². The fourth-order valence-electron chi connectivity index (χ4n) is 3.58. The molecule has 0 aromatic heterocycles. The molecule has 0 saturated carbocycles. The molecule has 2 aromatic rings. The summed E-state index contributed by atoms with van der Waals surface area (Å²) in [5.74, 6) is -1.67. The Bertz CT molecular complexity index is 1130. The van der Waals surface area contributed by atoms with E-state index < -0.39 is 11.7 Å². The lowest BCUT2D eigenvalue weighted by Gasteiger charge is -2.31. The maximum atomic E-state index is 13.2. The second-order valence-electron chi connectivity index (χ2n) is 6.72. The van der Waals surface area contributed by atoms with E-state index in [1.807, 2.05) is 32.0 Å². The Balaban J connectivity index is 1.99. The summed E-state index contributed by atoms with van der Waals surface area (Å²) in [6.45, 7) is 3.93. The Hall–Kier alpha value is -3.65. The van der Waals surface area contributed by atoms with Crippen molar-refractivity contribution in [2.45, 2.75) is 19.8 Å². The van der Waals surface area contributed by atoms with Gasteiger partial charge in [0, 0.05) is 11.1 Å². The van der Waals surface area contributed by atoms with Crippen molar-refractivity contribution in [1.82, 2.24) is 0 Å². The molecule has 1 aliphatic heterocycles. The Morgan fingerprint density at radius 1 is 1.00 bits per heavy atom. The molecule has 1 heterocycles. The zero-order valence-electron chi connectivity index (χ0n) is 14.9. The number of fused-ring (bicyclic) bond motifs is 1. The van der Waals surface area contributed by atoms with Gasteiger partial charge in [0.1, 0.15) is 11.6 Å². The first-order chi connectivity index (χ1) is 12.9. The smallest absolute Gasteiger partial charge is 0.229 e. The molecule has 132 valence electrons. The topological polar surface area (TPSA) is 93.2 Å². The normalized spacial score (nSPS) is 18.6. The van der Waals surface area contributed by atoms with E-state index >= 15 is 0 Å². The summed E-state index contributed by atoms with van der Waals surface area (Å²) in [5.41, 5.74) is 9.71. The summed E-state index contributed by atoms with van der Waals surface area (Å²) in [7, 11) is 0. The molecule has 1 unspecified atom stereocenters. The third-order valence-electron chi connectivity index (χ3n) is 5.15. The molecular formula is C22H16N2O3. The van der Waals surface area contributed by atoms with Crippen LogP contribution in [0.25, 0.3) is 0 Å². The van der Waals surface area contributed by atoms with Crippen molar-refractivity contribution < 1.29 is 14.3 Å². The standard InChI is InChI=1S/C22H16N2O3/c1-11-7-8-13(9-12(11)2)17-16(10-23)22(24)27-21-18(17)19(25)14-5-3-4-6-15(14)20(21)26/h3-9,17H,24H2,1-2H3. The molecule has 4 rings (SSSR count). The number of benzene rings is 2. The van der Waals surface area contributed by atoms with E-state index in [9.17, 15) is 14.9 Å². The highest BCUT2D eigenvalue weighted by Gasteiger charge is 2.43. The van der Waals surface area contributed by atoms with Gasteiger partial charge in [0.05, 0.1) is 11.5 Å². The summed E-state index contributed by atoms with van der Waals surface area (Å²) < 4.78 is 5.48. The van der Waals surface area contributed by atoms with Gasteiger partial charge in [-0.15, -0.1) is 0 Å². The van der Waals surface area contributed by atoms with Crippen molar-refractivity contribution in [2.24, 2.45) is 5.73 Å². The van der Waals surface area contributed by atoms with Crippen molar-refractivity contribution in [2.75, 3.05) is 0 Å². The van der Waals surface area contributed by atoms with E-state index in [1.54, 1.807) is 24.3 Å². The maximum absolute atomic E-state index is 13.2. The van der Waals surface area contributed by atoms with Gasteiger partial charge in [-0.3, -0.25) is 9.59 Å². The van der Waals surface area contributed by atoms with Crippen LogP contribution < -0.4 is 5.73 Å². The van der Waals surface area contributed by atoms with Crippen molar-refractivity contribution >= 4 is 11.6 Å². The molecular weight excluding hydrogens is 340 g/mol. The second-order valence-corrected chi connectivity index (χ2v) is 6.72. The summed E-state index contributed by atoms with van der Waals surface area (Å²) in [5, 5.41) is 9.67. The Kier molecular flexibility index (Phi) is 3.71. The number of hydrogen-bond acceptors (Lipinski definition) is 5. The minimum Gasteiger partial charge on any atom is -0.436 e. The van der Waals surface area contributed by atoms with Crippen LogP contribution in [0.1, 0.15) is 43.3 Å². The first-order valence-electron chi connectivity index (χ1n) is 8.51. The number of allylic oxidation sites excluding steroid dienone is 3. The van der Waals surface area contributed by atoms with Gasteiger partial charge in [-0.25, -0.2) is 0 Å². The molecule has 0 radical (unpaired) electrons. The maximum Gasteiger partial charge on any atom is 0.229 e. The lowest BCUT2D eigenvalue weighted by molar-refractivity contribution is 0.0897. The highest BCUT2D eigenvalue weighted by molar-refractivity contribution is 6.27. The SMILES string of the molecule is Cc1ccc(C2C(C#N)=C(N)OC3=C2C(=O)c2ccccc2C3=O)cc1C. The van der Waals surface area contributed by atoms with Crippen LogP contribution in [0, 0.1) is 25.2 Å². The highest BCUT2D eigenvalue weighted by Crippen LogP contribution is 2.44. The largest absolute Gasteiger partial charge is 0.436 e. The average Bonchev–Trinajstić information content (AvgIpc) is 2.67. The van der Waals surface area contributed by atoms with Gasteiger partial charge in [-0.2, -0.15) is 5.26 Å². The zero-order chi connectivity index (χ0) is 19.3. The molecule has 0 fully saturated rings. The van der Waals surface area contributed by atoms with Gasteiger partial charge in [-0.1, -0.05) is 42.5 Å². The molecule has 1 aliphatic carbocycles. The lowest BCUT2D eigenvalue weighted by atomic mass is 9.75. The van der Waals surface area contributed by atoms with Crippen LogP contribution in [0.5, 0.6) is 0 Å². The minimum absolute atomic E-state index is 0.0848. The molecule has 5 heteroatoms. The van der Waals surface area contributed by atoms with Gasteiger partial charge in [0.25, 0.3) is 0 Å². The van der Waals surface area contributed by atoms with E-state index in [4.69, 9.17) is 10.5 Å². The van der Waals surface area contributed by atoms with Gasteiger partial charge < -0.3 is 10.5 Å². The van der Waals surface area contributed by atoms with Crippen LogP contribution in [-0.2, 0) is 4.74 Å². The number of nitriles is 1. The molecule has 27 heavy (non-hydrogen) atoms.